The minimum atomic E-state index is -1.79. The van der Waals surface area contributed by atoms with E-state index in [1.54, 1.807) is 0 Å². The third kappa shape index (κ3) is 4.96. The lowest BCUT2D eigenvalue weighted by molar-refractivity contribution is 0.171. The van der Waals surface area contributed by atoms with Crippen LogP contribution in [0.2, 0.25) is 19.6 Å². The predicted octanol–water partition coefficient (Wildman–Crippen LogP) is 5.77. The minimum Gasteiger partial charge on any atom is -0.386 e. The first-order valence-electron chi connectivity index (χ1n) is 9.63. The van der Waals surface area contributed by atoms with Gasteiger partial charge in [0.15, 0.2) is 0 Å². The van der Waals surface area contributed by atoms with E-state index in [9.17, 15) is 5.11 Å². The van der Waals surface area contributed by atoms with Crippen molar-refractivity contribution in [2.75, 3.05) is 0 Å². The number of benzene rings is 3. The summed E-state index contributed by atoms with van der Waals surface area (Å²) in [5, 5.41) is 11.1. The van der Waals surface area contributed by atoms with Crippen LogP contribution in [0.3, 0.4) is 0 Å². The Kier molecular flexibility index (Phi) is 6.43. The average Bonchev–Trinajstić information content (AvgIpc) is 2.72. The van der Waals surface area contributed by atoms with Gasteiger partial charge in [0.1, 0.15) is 0 Å². The summed E-state index contributed by atoms with van der Waals surface area (Å²) in [6.45, 7) is 6.71. The lowest BCUT2D eigenvalue weighted by Gasteiger charge is -2.29. The van der Waals surface area contributed by atoms with E-state index >= 15 is 0 Å². The maximum atomic E-state index is 11.1. The van der Waals surface area contributed by atoms with Gasteiger partial charge in [-0.2, -0.15) is 0 Å². The molecule has 0 aliphatic carbocycles. The van der Waals surface area contributed by atoms with Crippen LogP contribution >= 0.6 is 0 Å². The molecular formula is C25H27NOSi. The van der Waals surface area contributed by atoms with E-state index in [2.05, 4.69) is 49.8 Å². The molecule has 1 N–H and O–H groups in total. The van der Waals surface area contributed by atoms with Crippen LogP contribution in [0.4, 0.5) is 0 Å². The Morgan fingerprint density at radius 1 is 0.750 bits per heavy atom. The highest BCUT2D eigenvalue weighted by molar-refractivity contribution is 6.77. The first-order valence-corrected chi connectivity index (χ1v) is 13.2. The Balaban J connectivity index is 2.10. The van der Waals surface area contributed by atoms with E-state index < -0.39 is 14.2 Å². The summed E-state index contributed by atoms with van der Waals surface area (Å²) < 4.78 is 0. The lowest BCUT2D eigenvalue weighted by Crippen LogP contribution is -2.41. The molecule has 3 heteroatoms. The van der Waals surface area contributed by atoms with Gasteiger partial charge in [-0.05, 0) is 22.6 Å². The van der Waals surface area contributed by atoms with E-state index in [0.29, 0.717) is 0 Å². The van der Waals surface area contributed by atoms with Crippen LogP contribution in [-0.4, -0.2) is 24.7 Å². The summed E-state index contributed by atoms with van der Waals surface area (Å²) in [7, 11) is -1.79. The molecule has 142 valence electrons. The van der Waals surface area contributed by atoms with Crippen LogP contribution in [0.15, 0.2) is 96.0 Å². The molecule has 3 aromatic rings. The molecular weight excluding hydrogens is 358 g/mol. The molecule has 3 rings (SSSR count). The second kappa shape index (κ2) is 8.98. The quantitative estimate of drug-likeness (QED) is 0.424. The molecule has 0 spiro atoms. The summed E-state index contributed by atoms with van der Waals surface area (Å²) >= 11 is 0. The van der Waals surface area contributed by atoms with Crippen LogP contribution in [0.5, 0.6) is 0 Å². The van der Waals surface area contributed by atoms with E-state index in [0.717, 1.165) is 22.3 Å². The van der Waals surface area contributed by atoms with Gasteiger partial charge in [-0.1, -0.05) is 111 Å². The van der Waals surface area contributed by atoms with Crippen molar-refractivity contribution < 1.29 is 5.11 Å². The molecule has 3 aromatic carbocycles. The third-order valence-electron chi connectivity index (χ3n) is 4.77. The van der Waals surface area contributed by atoms with E-state index in [1.165, 1.54) is 0 Å². The van der Waals surface area contributed by atoms with Crippen molar-refractivity contribution in [2.24, 2.45) is 4.99 Å². The van der Waals surface area contributed by atoms with Gasteiger partial charge < -0.3 is 5.11 Å². The fourth-order valence-corrected chi connectivity index (χ4v) is 4.80. The van der Waals surface area contributed by atoms with E-state index in [1.807, 2.05) is 66.7 Å². The van der Waals surface area contributed by atoms with Gasteiger partial charge in [-0.3, -0.25) is 0 Å². The molecule has 0 saturated heterocycles. The van der Waals surface area contributed by atoms with Gasteiger partial charge >= 0.3 is 0 Å². The molecule has 0 radical (unpaired) electrons. The second-order valence-corrected chi connectivity index (χ2v) is 13.3. The molecule has 2 unspecified atom stereocenters. The normalized spacial score (nSPS) is 13.3. The largest absolute Gasteiger partial charge is 0.386 e. The van der Waals surface area contributed by atoms with Crippen molar-refractivity contribution in [3.8, 4) is 0 Å². The Hall–Kier alpha value is -2.71. The van der Waals surface area contributed by atoms with Gasteiger partial charge in [0.05, 0.1) is 25.4 Å². The standard InChI is InChI=1S/C25H27NOSi/c1-28(2,3)25(24(27)22-17-11-6-12-18-22)26-19-23(20-13-7-4-8-14-20)21-15-9-5-10-16-21/h4-18,24-25,27H,1-3H3. The second-order valence-electron chi connectivity index (χ2n) is 8.01. The zero-order valence-corrected chi connectivity index (χ0v) is 17.7. The van der Waals surface area contributed by atoms with Crippen LogP contribution in [0, 0.1) is 0 Å². The van der Waals surface area contributed by atoms with Crippen LogP contribution < -0.4 is 0 Å². The summed E-state index contributed by atoms with van der Waals surface area (Å²) in [5.74, 6) is 3.33. The van der Waals surface area contributed by atoms with Crippen LogP contribution in [-0.2, 0) is 0 Å². The number of hydrogen-bond donors (Lipinski definition) is 1. The molecule has 0 aromatic heterocycles. The zero-order valence-electron chi connectivity index (χ0n) is 16.7. The fraction of sp³-hybridized carbons (Fsp3) is 0.200. The summed E-state index contributed by atoms with van der Waals surface area (Å²) in [6.07, 6.45) is -0.631. The SMILES string of the molecule is C[Si](C)(C)C(N=C=C(c1ccccc1)c1ccccc1)C(O)c1ccccc1. The first-order chi connectivity index (χ1) is 13.5. The van der Waals surface area contributed by atoms with Crippen molar-refractivity contribution in [2.45, 2.75) is 31.4 Å². The van der Waals surface area contributed by atoms with E-state index in [4.69, 9.17) is 4.99 Å². The van der Waals surface area contributed by atoms with E-state index in [-0.39, 0.29) is 5.67 Å². The van der Waals surface area contributed by atoms with Crippen molar-refractivity contribution in [3.05, 3.63) is 108 Å². The smallest absolute Gasteiger partial charge is 0.0992 e. The molecule has 0 heterocycles. The van der Waals surface area contributed by atoms with Crippen LogP contribution in [0.1, 0.15) is 22.8 Å². The number of aliphatic imine (C=N–C) groups is 1. The Morgan fingerprint density at radius 2 is 1.18 bits per heavy atom. The Morgan fingerprint density at radius 3 is 1.61 bits per heavy atom. The third-order valence-corrected chi connectivity index (χ3v) is 6.99. The molecule has 0 amide bonds. The predicted molar refractivity (Wildman–Crippen MR) is 121 cm³/mol. The monoisotopic (exact) mass is 385 g/mol. The van der Waals surface area contributed by atoms with Gasteiger partial charge in [0.25, 0.3) is 0 Å². The molecule has 0 fully saturated rings. The summed E-state index contributed by atoms with van der Waals surface area (Å²) in [4.78, 5) is 4.85. The lowest BCUT2D eigenvalue weighted by atomic mass is 9.99. The number of aliphatic hydroxyl groups is 1. The molecule has 2 nitrogen and oxygen atoms in total. The summed E-state index contributed by atoms with van der Waals surface area (Å²) in [5.41, 5.74) is 3.81. The first kappa shape index (κ1) is 20.0. The highest BCUT2D eigenvalue weighted by atomic mass is 28.3. The van der Waals surface area contributed by atoms with Crippen LogP contribution in [0.25, 0.3) is 5.57 Å². The van der Waals surface area contributed by atoms with Gasteiger partial charge in [-0.15, -0.1) is 0 Å². The molecule has 0 saturated carbocycles. The van der Waals surface area contributed by atoms with Gasteiger partial charge in [0.2, 0.25) is 0 Å². The topological polar surface area (TPSA) is 32.6 Å². The van der Waals surface area contributed by atoms with Crippen molar-refractivity contribution in [1.29, 1.82) is 0 Å². The highest BCUT2D eigenvalue weighted by Gasteiger charge is 2.33. The van der Waals surface area contributed by atoms with Crippen molar-refractivity contribution in [1.82, 2.24) is 0 Å². The van der Waals surface area contributed by atoms with Crippen molar-refractivity contribution >= 4 is 19.5 Å². The maximum Gasteiger partial charge on any atom is 0.0992 e. The Bertz CT molecular complexity index is 899. The molecule has 28 heavy (non-hydrogen) atoms. The summed E-state index contributed by atoms with van der Waals surface area (Å²) in [6, 6.07) is 30.2. The maximum absolute atomic E-state index is 11.1. The van der Waals surface area contributed by atoms with Crippen molar-refractivity contribution in [3.63, 3.8) is 0 Å². The number of nitrogens with zero attached hydrogens (tertiary/aromatic N) is 1. The fourth-order valence-electron chi connectivity index (χ4n) is 3.21. The molecule has 2 atom stereocenters. The zero-order chi connectivity index (χ0) is 20.0. The average molecular weight is 386 g/mol. The molecule has 0 aliphatic heterocycles. The molecule has 0 bridgehead atoms. The Labute approximate surface area is 168 Å². The molecule has 0 aliphatic rings. The number of rotatable bonds is 6. The van der Waals surface area contributed by atoms with Gasteiger partial charge in [0, 0.05) is 0 Å². The minimum absolute atomic E-state index is 0.183. The number of hydrogen-bond acceptors (Lipinski definition) is 2. The van der Waals surface area contributed by atoms with Gasteiger partial charge in [-0.25, -0.2) is 4.99 Å². The number of aliphatic hydroxyl groups excluding tert-OH is 1. The highest BCUT2D eigenvalue weighted by Crippen LogP contribution is 2.27.